The molecule has 0 aromatic heterocycles. The number of rotatable bonds is 5. The zero-order chi connectivity index (χ0) is 14.5. The summed E-state index contributed by atoms with van der Waals surface area (Å²) in [4.78, 5) is 17.1. The van der Waals surface area contributed by atoms with Crippen LogP contribution in [-0.2, 0) is 4.79 Å². The highest BCUT2D eigenvalue weighted by Crippen LogP contribution is 2.28. The van der Waals surface area contributed by atoms with Crippen LogP contribution in [-0.4, -0.2) is 54.5 Å². The second-order valence-electron chi connectivity index (χ2n) is 6.46. The molecule has 4 nitrogen and oxygen atoms in total. The molecule has 2 aliphatic rings. The lowest BCUT2D eigenvalue weighted by Gasteiger charge is -2.36. The van der Waals surface area contributed by atoms with Gasteiger partial charge in [-0.05, 0) is 44.7 Å². The van der Waals surface area contributed by atoms with Gasteiger partial charge in [-0.15, -0.1) is 0 Å². The molecule has 0 aromatic rings. The van der Waals surface area contributed by atoms with E-state index in [0.717, 1.165) is 64.2 Å². The van der Waals surface area contributed by atoms with E-state index in [0.29, 0.717) is 5.91 Å². The fraction of sp³-hybridized carbons (Fsp3) is 0.938. The maximum Gasteiger partial charge on any atom is 0.227 e. The molecule has 0 aromatic carbocycles. The van der Waals surface area contributed by atoms with E-state index in [-0.39, 0.29) is 12.0 Å². The lowest BCUT2D eigenvalue weighted by Crippen LogP contribution is -2.46. The van der Waals surface area contributed by atoms with Crippen LogP contribution in [0.4, 0.5) is 0 Å². The van der Waals surface area contributed by atoms with Crippen molar-refractivity contribution in [2.45, 2.75) is 52.0 Å². The van der Waals surface area contributed by atoms with Gasteiger partial charge in [0.25, 0.3) is 0 Å². The minimum absolute atomic E-state index is 0.106. The van der Waals surface area contributed by atoms with Gasteiger partial charge in [0.2, 0.25) is 5.91 Å². The van der Waals surface area contributed by atoms with Gasteiger partial charge < -0.3 is 15.5 Å². The van der Waals surface area contributed by atoms with Crippen LogP contribution in [0.5, 0.6) is 0 Å². The number of hydrogen-bond acceptors (Lipinski definition) is 3. The van der Waals surface area contributed by atoms with Crippen molar-refractivity contribution in [1.82, 2.24) is 9.80 Å². The second-order valence-corrected chi connectivity index (χ2v) is 6.46. The molecule has 0 spiro atoms. The van der Waals surface area contributed by atoms with E-state index in [1.807, 2.05) is 0 Å². The van der Waals surface area contributed by atoms with Crippen LogP contribution in [0, 0.1) is 11.8 Å². The lowest BCUT2D eigenvalue weighted by molar-refractivity contribution is -0.137. The normalized spacial score (nSPS) is 28.3. The van der Waals surface area contributed by atoms with Crippen LogP contribution < -0.4 is 5.73 Å². The van der Waals surface area contributed by atoms with Crippen LogP contribution >= 0.6 is 0 Å². The zero-order valence-corrected chi connectivity index (χ0v) is 13.2. The summed E-state index contributed by atoms with van der Waals surface area (Å²) in [6, 6.07) is 0.107. The number of hydrogen-bond donors (Lipinski definition) is 1. The summed E-state index contributed by atoms with van der Waals surface area (Å²) in [5.74, 6) is 1.20. The Labute approximate surface area is 123 Å². The molecule has 2 atom stereocenters. The lowest BCUT2D eigenvalue weighted by atomic mass is 9.94. The molecule has 2 rings (SSSR count). The fourth-order valence-corrected chi connectivity index (χ4v) is 3.71. The minimum Gasteiger partial charge on any atom is -0.342 e. The molecule has 2 fully saturated rings. The Bertz CT molecular complexity index is 309. The van der Waals surface area contributed by atoms with Gasteiger partial charge in [0, 0.05) is 25.7 Å². The SMILES string of the molecule is CCN(CC)CC1CCN(C(=O)C2CCCC2N)CC1. The van der Waals surface area contributed by atoms with Crippen molar-refractivity contribution in [3.8, 4) is 0 Å². The summed E-state index contributed by atoms with van der Waals surface area (Å²) in [6.07, 6.45) is 5.46. The fourth-order valence-electron chi connectivity index (χ4n) is 3.71. The van der Waals surface area contributed by atoms with Crippen molar-refractivity contribution < 1.29 is 4.79 Å². The molecule has 2 unspecified atom stereocenters. The van der Waals surface area contributed by atoms with Gasteiger partial charge in [-0.25, -0.2) is 0 Å². The predicted molar refractivity (Wildman–Crippen MR) is 82.4 cm³/mol. The smallest absolute Gasteiger partial charge is 0.227 e. The molecule has 4 heteroatoms. The Kier molecular flexibility index (Phi) is 5.85. The van der Waals surface area contributed by atoms with Gasteiger partial charge in [0.1, 0.15) is 0 Å². The van der Waals surface area contributed by atoms with E-state index in [1.165, 1.54) is 6.54 Å². The van der Waals surface area contributed by atoms with Crippen molar-refractivity contribution in [2.75, 3.05) is 32.7 Å². The van der Waals surface area contributed by atoms with E-state index in [4.69, 9.17) is 5.73 Å². The topological polar surface area (TPSA) is 49.6 Å². The Morgan fingerprint density at radius 3 is 2.30 bits per heavy atom. The first-order valence-electron chi connectivity index (χ1n) is 8.42. The monoisotopic (exact) mass is 281 g/mol. The van der Waals surface area contributed by atoms with Crippen molar-refractivity contribution >= 4 is 5.91 Å². The zero-order valence-electron chi connectivity index (χ0n) is 13.2. The van der Waals surface area contributed by atoms with Crippen molar-refractivity contribution in [1.29, 1.82) is 0 Å². The number of nitrogens with two attached hydrogens (primary N) is 1. The van der Waals surface area contributed by atoms with E-state index in [9.17, 15) is 4.79 Å². The average Bonchev–Trinajstić information content (AvgIpc) is 2.91. The number of carbonyl (C=O) groups is 1. The van der Waals surface area contributed by atoms with E-state index < -0.39 is 0 Å². The predicted octanol–water partition coefficient (Wildman–Crippen LogP) is 1.69. The third kappa shape index (κ3) is 3.73. The van der Waals surface area contributed by atoms with Gasteiger partial charge in [-0.2, -0.15) is 0 Å². The molecular weight excluding hydrogens is 250 g/mol. The molecule has 1 saturated heterocycles. The van der Waals surface area contributed by atoms with Crippen molar-refractivity contribution in [2.24, 2.45) is 17.6 Å². The highest BCUT2D eigenvalue weighted by Gasteiger charge is 2.34. The van der Waals surface area contributed by atoms with Crippen LogP contribution in [0.2, 0.25) is 0 Å². The number of likely N-dealkylation sites (tertiary alicyclic amines) is 1. The number of amides is 1. The van der Waals surface area contributed by atoms with Gasteiger partial charge in [-0.1, -0.05) is 20.3 Å². The molecule has 1 heterocycles. The molecule has 1 aliphatic heterocycles. The largest absolute Gasteiger partial charge is 0.342 e. The van der Waals surface area contributed by atoms with Gasteiger partial charge >= 0.3 is 0 Å². The number of piperidine rings is 1. The standard InChI is InChI=1S/C16H31N3O/c1-3-18(4-2)12-13-8-10-19(11-9-13)16(20)14-6-5-7-15(14)17/h13-15H,3-12,17H2,1-2H3. The molecule has 1 saturated carbocycles. The summed E-state index contributed by atoms with van der Waals surface area (Å²) >= 11 is 0. The minimum atomic E-state index is 0.106. The quantitative estimate of drug-likeness (QED) is 0.834. The summed E-state index contributed by atoms with van der Waals surface area (Å²) in [5, 5.41) is 0. The highest BCUT2D eigenvalue weighted by molar-refractivity contribution is 5.80. The van der Waals surface area contributed by atoms with Crippen LogP contribution in [0.3, 0.4) is 0 Å². The first-order chi connectivity index (χ1) is 9.65. The molecule has 2 N–H and O–H groups in total. The maximum atomic E-state index is 12.5. The summed E-state index contributed by atoms with van der Waals surface area (Å²) in [6.45, 7) is 9.78. The third-order valence-electron chi connectivity index (χ3n) is 5.22. The Morgan fingerprint density at radius 2 is 1.80 bits per heavy atom. The van der Waals surface area contributed by atoms with Gasteiger partial charge in [0.15, 0.2) is 0 Å². The van der Waals surface area contributed by atoms with Crippen LogP contribution in [0.25, 0.3) is 0 Å². The molecule has 116 valence electrons. The molecule has 20 heavy (non-hydrogen) atoms. The first-order valence-corrected chi connectivity index (χ1v) is 8.42. The first kappa shape index (κ1) is 15.8. The summed E-state index contributed by atoms with van der Waals surface area (Å²) in [5.41, 5.74) is 6.06. The highest BCUT2D eigenvalue weighted by atomic mass is 16.2. The molecule has 1 aliphatic carbocycles. The van der Waals surface area contributed by atoms with Gasteiger partial charge in [-0.3, -0.25) is 4.79 Å². The Hall–Kier alpha value is -0.610. The average molecular weight is 281 g/mol. The van der Waals surface area contributed by atoms with Crippen molar-refractivity contribution in [3.05, 3.63) is 0 Å². The van der Waals surface area contributed by atoms with Crippen LogP contribution in [0.15, 0.2) is 0 Å². The molecule has 1 amide bonds. The third-order valence-corrected chi connectivity index (χ3v) is 5.22. The van der Waals surface area contributed by atoms with E-state index >= 15 is 0 Å². The van der Waals surface area contributed by atoms with E-state index in [2.05, 4.69) is 23.6 Å². The summed E-state index contributed by atoms with van der Waals surface area (Å²) < 4.78 is 0. The van der Waals surface area contributed by atoms with Gasteiger partial charge in [0.05, 0.1) is 5.92 Å². The Morgan fingerprint density at radius 1 is 1.15 bits per heavy atom. The summed E-state index contributed by atoms with van der Waals surface area (Å²) in [7, 11) is 0. The number of nitrogens with zero attached hydrogens (tertiary/aromatic N) is 2. The Balaban J connectivity index is 1.77. The van der Waals surface area contributed by atoms with Crippen molar-refractivity contribution in [3.63, 3.8) is 0 Å². The molecule has 0 radical (unpaired) electrons. The second kappa shape index (κ2) is 7.41. The van der Waals surface area contributed by atoms with Crippen LogP contribution in [0.1, 0.15) is 46.0 Å². The maximum absolute atomic E-state index is 12.5. The number of carbonyl (C=O) groups excluding carboxylic acids is 1. The molecular formula is C16H31N3O. The molecule has 0 bridgehead atoms. The van der Waals surface area contributed by atoms with E-state index in [1.54, 1.807) is 0 Å².